The number of rotatable bonds is 8. The van der Waals surface area contributed by atoms with Gasteiger partial charge in [-0.3, -0.25) is 4.79 Å². The molecule has 0 aliphatic carbocycles. The lowest BCUT2D eigenvalue weighted by Gasteiger charge is -2.24. The summed E-state index contributed by atoms with van der Waals surface area (Å²) in [5.41, 5.74) is -0.193. The number of thiazole rings is 1. The highest BCUT2D eigenvalue weighted by molar-refractivity contribution is 7.17. The van der Waals surface area contributed by atoms with Crippen molar-refractivity contribution in [2.45, 2.75) is 27.2 Å². The van der Waals surface area contributed by atoms with Crippen LogP contribution >= 0.6 is 11.3 Å². The molecule has 0 unspecified atom stereocenters. The SMILES string of the molecule is COCCC(C)(C)CNc1nc(C(=O)O)c(C(C)=O)s1. The second kappa shape index (κ2) is 6.81. The maximum Gasteiger partial charge on any atom is 0.356 e. The first kappa shape index (κ1) is 16.6. The lowest BCUT2D eigenvalue weighted by Crippen LogP contribution is -2.24. The van der Waals surface area contributed by atoms with E-state index in [1.54, 1.807) is 7.11 Å². The van der Waals surface area contributed by atoms with Crippen LogP contribution in [0.3, 0.4) is 0 Å². The highest BCUT2D eigenvalue weighted by atomic mass is 32.1. The van der Waals surface area contributed by atoms with Crippen molar-refractivity contribution in [1.82, 2.24) is 4.98 Å². The number of nitrogens with one attached hydrogen (secondary N) is 1. The van der Waals surface area contributed by atoms with Crippen molar-refractivity contribution >= 4 is 28.2 Å². The van der Waals surface area contributed by atoms with E-state index < -0.39 is 5.97 Å². The predicted molar refractivity (Wildman–Crippen MR) is 77.8 cm³/mol. The van der Waals surface area contributed by atoms with Crippen molar-refractivity contribution in [3.8, 4) is 0 Å². The van der Waals surface area contributed by atoms with Crippen LogP contribution in [0.15, 0.2) is 0 Å². The number of Topliss-reactive ketones (excluding diaryl/α,β-unsaturated/α-hetero) is 1. The Bertz CT molecular complexity index is 465. The van der Waals surface area contributed by atoms with Crippen LogP contribution in [0, 0.1) is 5.41 Å². The fourth-order valence-corrected chi connectivity index (χ4v) is 2.41. The van der Waals surface area contributed by atoms with Crippen molar-refractivity contribution in [3.63, 3.8) is 0 Å². The quantitative estimate of drug-likeness (QED) is 0.717. The molecule has 0 radical (unpaired) electrons. The van der Waals surface area contributed by atoms with Gasteiger partial charge in [0, 0.05) is 27.2 Å². The molecular weight excluding hydrogens is 280 g/mol. The van der Waals surface area contributed by atoms with Crippen LogP contribution in [0.25, 0.3) is 0 Å². The zero-order valence-electron chi connectivity index (χ0n) is 12.1. The van der Waals surface area contributed by atoms with Gasteiger partial charge >= 0.3 is 5.97 Å². The van der Waals surface area contributed by atoms with Crippen molar-refractivity contribution in [2.75, 3.05) is 25.6 Å². The first-order valence-electron chi connectivity index (χ1n) is 6.24. The number of carboxylic acid groups (broad SMARTS) is 1. The maximum absolute atomic E-state index is 11.4. The van der Waals surface area contributed by atoms with Crippen LogP contribution in [0.2, 0.25) is 0 Å². The van der Waals surface area contributed by atoms with Crippen LogP contribution in [0.1, 0.15) is 47.4 Å². The van der Waals surface area contributed by atoms with Gasteiger partial charge in [0.1, 0.15) is 4.88 Å². The smallest absolute Gasteiger partial charge is 0.356 e. The Morgan fingerprint density at radius 1 is 1.45 bits per heavy atom. The Balaban J connectivity index is 2.76. The van der Waals surface area contributed by atoms with Gasteiger partial charge < -0.3 is 15.2 Å². The second-order valence-electron chi connectivity index (χ2n) is 5.32. The second-order valence-corrected chi connectivity index (χ2v) is 6.32. The molecule has 7 heteroatoms. The Kier molecular flexibility index (Phi) is 5.64. The summed E-state index contributed by atoms with van der Waals surface area (Å²) >= 11 is 1.08. The van der Waals surface area contributed by atoms with E-state index in [2.05, 4.69) is 24.1 Å². The maximum atomic E-state index is 11.4. The summed E-state index contributed by atoms with van der Waals surface area (Å²) < 4.78 is 5.05. The van der Waals surface area contributed by atoms with Gasteiger partial charge in [0.25, 0.3) is 0 Å². The van der Waals surface area contributed by atoms with E-state index in [0.29, 0.717) is 18.3 Å². The number of methoxy groups -OCH3 is 1. The van der Waals surface area contributed by atoms with Crippen molar-refractivity contribution < 1.29 is 19.4 Å². The van der Waals surface area contributed by atoms with Crippen molar-refractivity contribution in [2.24, 2.45) is 5.41 Å². The minimum absolute atomic E-state index is 0.0124. The molecule has 0 fully saturated rings. The number of ether oxygens (including phenoxy) is 1. The highest BCUT2D eigenvalue weighted by Gasteiger charge is 2.22. The average Bonchev–Trinajstić information content (AvgIpc) is 2.79. The van der Waals surface area contributed by atoms with Crippen LogP contribution < -0.4 is 5.32 Å². The van der Waals surface area contributed by atoms with Crippen LogP contribution in [0.5, 0.6) is 0 Å². The third-order valence-electron chi connectivity index (χ3n) is 2.85. The Labute approximate surface area is 122 Å². The molecule has 1 aromatic heterocycles. The molecule has 0 aliphatic heterocycles. The number of hydrogen-bond donors (Lipinski definition) is 2. The number of carboxylic acids is 1. The molecular formula is C13H20N2O4S. The first-order valence-corrected chi connectivity index (χ1v) is 7.06. The van der Waals surface area contributed by atoms with Crippen molar-refractivity contribution in [1.29, 1.82) is 0 Å². The number of aromatic nitrogens is 1. The largest absolute Gasteiger partial charge is 0.476 e. The normalized spacial score (nSPS) is 11.4. The molecule has 0 aromatic carbocycles. The minimum atomic E-state index is -1.18. The van der Waals surface area contributed by atoms with Gasteiger partial charge in [0.2, 0.25) is 0 Å². The molecule has 0 spiro atoms. The summed E-state index contributed by atoms with van der Waals surface area (Å²) in [4.78, 5) is 26.6. The molecule has 0 atom stereocenters. The molecule has 1 heterocycles. The number of ketones is 1. The minimum Gasteiger partial charge on any atom is -0.476 e. The lowest BCUT2D eigenvalue weighted by molar-refractivity contribution is 0.0687. The molecule has 2 N–H and O–H groups in total. The van der Waals surface area contributed by atoms with Crippen LogP contribution in [0.4, 0.5) is 5.13 Å². The molecule has 6 nitrogen and oxygen atoms in total. The van der Waals surface area contributed by atoms with Gasteiger partial charge in [-0.2, -0.15) is 0 Å². The number of nitrogens with zero attached hydrogens (tertiary/aromatic N) is 1. The molecule has 0 bridgehead atoms. The van der Waals surface area contributed by atoms with Crippen LogP contribution in [-0.4, -0.2) is 42.1 Å². The summed E-state index contributed by atoms with van der Waals surface area (Å²) in [5.74, 6) is -1.47. The summed E-state index contributed by atoms with van der Waals surface area (Å²) in [5, 5.41) is 12.6. The van der Waals surface area contributed by atoms with Gasteiger partial charge in [-0.05, 0) is 11.8 Å². The Morgan fingerprint density at radius 3 is 2.55 bits per heavy atom. The molecule has 1 aromatic rings. The van der Waals surface area contributed by atoms with E-state index >= 15 is 0 Å². The lowest BCUT2D eigenvalue weighted by atomic mass is 9.90. The third kappa shape index (κ3) is 4.57. The van der Waals surface area contributed by atoms with Gasteiger partial charge in [0.05, 0.1) is 0 Å². The van der Waals surface area contributed by atoms with Gasteiger partial charge in [0.15, 0.2) is 16.6 Å². The van der Waals surface area contributed by atoms with Crippen LogP contribution in [-0.2, 0) is 4.74 Å². The molecule has 112 valence electrons. The van der Waals surface area contributed by atoms with Gasteiger partial charge in [-0.1, -0.05) is 25.2 Å². The first-order chi connectivity index (χ1) is 9.26. The van der Waals surface area contributed by atoms with E-state index in [9.17, 15) is 9.59 Å². The fraction of sp³-hybridized carbons (Fsp3) is 0.615. The molecule has 1 rings (SSSR count). The molecule has 0 saturated carbocycles. The zero-order valence-corrected chi connectivity index (χ0v) is 13.0. The average molecular weight is 300 g/mol. The number of carbonyl (C=O) groups excluding carboxylic acids is 1. The van der Waals surface area contributed by atoms with E-state index in [1.807, 2.05) is 0 Å². The Morgan fingerprint density at radius 2 is 2.10 bits per heavy atom. The van der Waals surface area contributed by atoms with E-state index in [4.69, 9.17) is 9.84 Å². The summed E-state index contributed by atoms with van der Waals surface area (Å²) in [6, 6.07) is 0. The summed E-state index contributed by atoms with van der Waals surface area (Å²) in [6.07, 6.45) is 0.868. The monoisotopic (exact) mass is 300 g/mol. The predicted octanol–water partition coefficient (Wildman–Crippen LogP) is 2.52. The highest BCUT2D eigenvalue weighted by Crippen LogP contribution is 2.26. The van der Waals surface area contributed by atoms with Crippen molar-refractivity contribution in [3.05, 3.63) is 10.6 Å². The van der Waals surface area contributed by atoms with E-state index in [0.717, 1.165) is 17.8 Å². The molecule has 0 saturated heterocycles. The number of aromatic carboxylic acids is 1. The van der Waals surface area contributed by atoms with Gasteiger partial charge in [-0.15, -0.1) is 0 Å². The zero-order chi connectivity index (χ0) is 15.3. The fourth-order valence-electron chi connectivity index (χ4n) is 1.56. The summed E-state index contributed by atoms with van der Waals surface area (Å²) in [7, 11) is 1.66. The number of carbonyl (C=O) groups is 2. The molecule has 0 aliphatic rings. The molecule has 20 heavy (non-hydrogen) atoms. The molecule has 0 amide bonds. The van der Waals surface area contributed by atoms with Gasteiger partial charge in [-0.25, -0.2) is 9.78 Å². The van der Waals surface area contributed by atoms with E-state index in [-0.39, 0.29) is 21.8 Å². The third-order valence-corrected chi connectivity index (χ3v) is 3.96. The Hall–Kier alpha value is -1.47. The number of hydrogen-bond acceptors (Lipinski definition) is 6. The number of anilines is 1. The van der Waals surface area contributed by atoms with E-state index in [1.165, 1.54) is 6.92 Å². The standard InChI is InChI=1S/C13H20N2O4S/c1-8(16)10-9(11(17)18)15-12(20-10)14-7-13(2,3)5-6-19-4/h5-7H2,1-4H3,(H,14,15)(H,17,18). The summed E-state index contributed by atoms with van der Waals surface area (Å²) in [6.45, 7) is 6.78. The topological polar surface area (TPSA) is 88.5 Å².